The Morgan fingerprint density at radius 3 is 2.72 bits per heavy atom. The number of hydrogen-bond donors (Lipinski definition) is 1. The maximum absolute atomic E-state index is 12.3. The number of hydrogen-bond acceptors (Lipinski definition) is 4. The van der Waals surface area contributed by atoms with Crippen molar-refractivity contribution >= 4 is 11.8 Å². The van der Waals surface area contributed by atoms with Crippen molar-refractivity contribution in [2.24, 2.45) is 0 Å². The molecule has 0 unspecified atom stereocenters. The van der Waals surface area contributed by atoms with Crippen molar-refractivity contribution in [3.8, 4) is 0 Å². The number of rotatable bonds is 3. The average molecular weight is 342 g/mol. The van der Waals surface area contributed by atoms with Gasteiger partial charge < -0.3 is 19.4 Å². The van der Waals surface area contributed by atoms with Crippen LogP contribution in [0.3, 0.4) is 0 Å². The van der Waals surface area contributed by atoms with Crippen LogP contribution in [0.4, 0.5) is 10.5 Å². The minimum atomic E-state index is -0.470. The van der Waals surface area contributed by atoms with E-state index in [9.17, 15) is 4.79 Å². The van der Waals surface area contributed by atoms with Crippen molar-refractivity contribution < 1.29 is 13.9 Å². The molecule has 5 nitrogen and oxygen atoms in total. The number of furan rings is 1. The molecule has 0 aliphatic carbocycles. The number of nitrogens with one attached hydrogen (secondary N) is 1. The van der Waals surface area contributed by atoms with Crippen molar-refractivity contribution in [2.75, 3.05) is 11.9 Å². The van der Waals surface area contributed by atoms with Gasteiger partial charge in [0.25, 0.3) is 0 Å². The molecule has 3 rings (SSSR count). The molecule has 1 N–H and O–H groups in total. The van der Waals surface area contributed by atoms with Crippen molar-refractivity contribution in [1.82, 2.24) is 4.90 Å². The third kappa shape index (κ3) is 4.56. The van der Waals surface area contributed by atoms with Gasteiger partial charge in [0.2, 0.25) is 0 Å². The lowest BCUT2D eigenvalue weighted by Gasteiger charge is -2.31. The number of fused-ring (bicyclic) bond motifs is 1. The van der Waals surface area contributed by atoms with Crippen molar-refractivity contribution in [3.63, 3.8) is 0 Å². The van der Waals surface area contributed by atoms with E-state index in [2.05, 4.69) is 23.5 Å². The molecule has 0 saturated heterocycles. The zero-order chi connectivity index (χ0) is 18.0. The van der Waals surface area contributed by atoms with Gasteiger partial charge in [-0.2, -0.15) is 0 Å². The molecule has 0 radical (unpaired) electrons. The normalized spacial score (nSPS) is 14.2. The third-order valence-corrected chi connectivity index (χ3v) is 4.13. The van der Waals surface area contributed by atoms with Crippen LogP contribution in [0.25, 0.3) is 0 Å². The number of carbonyl (C=O) groups is 1. The summed E-state index contributed by atoms with van der Waals surface area (Å²) in [6.45, 7) is 9.53. The van der Waals surface area contributed by atoms with Crippen LogP contribution in [-0.4, -0.2) is 23.1 Å². The van der Waals surface area contributed by atoms with E-state index in [0.29, 0.717) is 19.6 Å². The minimum Gasteiger partial charge on any atom is -0.465 e. The fourth-order valence-electron chi connectivity index (χ4n) is 2.92. The molecule has 2 aromatic rings. The standard InChI is InChI=1S/C20H26N2O3/c1-14-5-8-18(24-14)12-21-17-7-6-15-9-10-22(13-16(15)11-17)19(23)25-20(2,3)4/h5-8,11,21H,9-10,12-13H2,1-4H3. The third-order valence-electron chi connectivity index (χ3n) is 4.13. The Balaban J connectivity index is 1.65. The summed E-state index contributed by atoms with van der Waals surface area (Å²) in [5, 5.41) is 3.38. The Morgan fingerprint density at radius 1 is 1.24 bits per heavy atom. The van der Waals surface area contributed by atoms with Crippen molar-refractivity contribution in [2.45, 2.75) is 52.8 Å². The summed E-state index contributed by atoms with van der Waals surface area (Å²) in [5.41, 5.74) is 3.01. The van der Waals surface area contributed by atoms with Crippen LogP contribution in [0.1, 0.15) is 43.4 Å². The van der Waals surface area contributed by atoms with Gasteiger partial charge in [-0.3, -0.25) is 0 Å². The van der Waals surface area contributed by atoms with E-state index in [-0.39, 0.29) is 6.09 Å². The fourth-order valence-corrected chi connectivity index (χ4v) is 2.92. The molecular weight excluding hydrogens is 316 g/mol. The van der Waals surface area contributed by atoms with E-state index in [1.165, 1.54) is 5.56 Å². The lowest BCUT2D eigenvalue weighted by atomic mass is 9.99. The van der Waals surface area contributed by atoms with Crippen LogP contribution in [0.2, 0.25) is 0 Å². The quantitative estimate of drug-likeness (QED) is 0.893. The lowest BCUT2D eigenvalue weighted by molar-refractivity contribution is 0.0224. The summed E-state index contributed by atoms with van der Waals surface area (Å²) in [6, 6.07) is 10.3. The number of nitrogens with zero attached hydrogens (tertiary/aromatic N) is 1. The second kappa shape index (κ2) is 6.82. The van der Waals surface area contributed by atoms with Gasteiger partial charge in [0.1, 0.15) is 17.1 Å². The average Bonchev–Trinajstić information content (AvgIpc) is 2.96. The Morgan fingerprint density at radius 2 is 2.04 bits per heavy atom. The molecule has 134 valence electrons. The molecule has 1 aromatic heterocycles. The fraction of sp³-hybridized carbons (Fsp3) is 0.450. The van der Waals surface area contributed by atoms with Crippen LogP contribution < -0.4 is 5.32 Å². The highest BCUT2D eigenvalue weighted by Gasteiger charge is 2.25. The largest absolute Gasteiger partial charge is 0.465 e. The minimum absolute atomic E-state index is 0.248. The van der Waals surface area contributed by atoms with E-state index >= 15 is 0 Å². The molecule has 0 fully saturated rings. The first-order valence-electron chi connectivity index (χ1n) is 8.69. The maximum Gasteiger partial charge on any atom is 0.410 e. The molecule has 0 saturated carbocycles. The molecule has 0 atom stereocenters. The number of amides is 1. The topological polar surface area (TPSA) is 54.7 Å². The van der Waals surface area contributed by atoms with Crippen molar-refractivity contribution in [3.05, 3.63) is 53.0 Å². The Hall–Kier alpha value is -2.43. The van der Waals surface area contributed by atoms with Gasteiger partial charge in [-0.25, -0.2) is 4.79 Å². The van der Waals surface area contributed by atoms with Gasteiger partial charge >= 0.3 is 6.09 Å². The van der Waals surface area contributed by atoms with Crippen LogP contribution >= 0.6 is 0 Å². The molecule has 0 spiro atoms. The Bertz CT molecular complexity index is 759. The number of anilines is 1. The summed E-state index contributed by atoms with van der Waals surface area (Å²) in [6.07, 6.45) is 0.606. The SMILES string of the molecule is Cc1ccc(CNc2ccc3c(c2)CN(C(=O)OC(C)(C)C)CC3)o1. The van der Waals surface area contributed by atoms with E-state index in [0.717, 1.165) is 29.2 Å². The summed E-state index contributed by atoms with van der Waals surface area (Å²) < 4.78 is 11.1. The van der Waals surface area contributed by atoms with Crippen molar-refractivity contribution in [1.29, 1.82) is 0 Å². The molecule has 2 heterocycles. The number of ether oxygens (including phenoxy) is 1. The smallest absolute Gasteiger partial charge is 0.410 e. The van der Waals surface area contributed by atoms with E-state index in [1.807, 2.05) is 39.8 Å². The van der Waals surface area contributed by atoms with Gasteiger partial charge in [0.15, 0.2) is 0 Å². The summed E-state index contributed by atoms with van der Waals surface area (Å²) in [5.74, 6) is 1.82. The molecule has 5 heteroatoms. The molecular formula is C20H26N2O3. The van der Waals surface area contributed by atoms with Crippen LogP contribution in [-0.2, 0) is 24.2 Å². The Kier molecular flexibility index (Phi) is 4.75. The summed E-state index contributed by atoms with van der Waals surface area (Å²) >= 11 is 0. The van der Waals surface area contributed by atoms with E-state index in [1.54, 1.807) is 4.90 Å². The molecule has 25 heavy (non-hydrogen) atoms. The van der Waals surface area contributed by atoms with E-state index in [4.69, 9.17) is 9.15 Å². The number of carbonyl (C=O) groups excluding carboxylic acids is 1. The summed E-state index contributed by atoms with van der Waals surface area (Å²) in [7, 11) is 0. The molecule has 1 aliphatic heterocycles. The lowest BCUT2D eigenvalue weighted by Crippen LogP contribution is -2.39. The molecule has 1 amide bonds. The van der Waals surface area contributed by atoms with Crippen LogP contribution in [0.15, 0.2) is 34.7 Å². The first-order chi connectivity index (χ1) is 11.8. The van der Waals surface area contributed by atoms with E-state index < -0.39 is 5.60 Å². The van der Waals surface area contributed by atoms with Gasteiger partial charge in [-0.1, -0.05) is 6.07 Å². The zero-order valence-corrected chi connectivity index (χ0v) is 15.4. The maximum atomic E-state index is 12.3. The zero-order valence-electron chi connectivity index (χ0n) is 15.4. The predicted octanol–water partition coefficient (Wildman–Crippen LogP) is 4.49. The molecule has 1 aromatic carbocycles. The van der Waals surface area contributed by atoms with Gasteiger partial charge in [0, 0.05) is 18.8 Å². The molecule has 0 bridgehead atoms. The highest BCUT2D eigenvalue weighted by atomic mass is 16.6. The molecule has 1 aliphatic rings. The first-order valence-corrected chi connectivity index (χ1v) is 8.69. The van der Waals surface area contributed by atoms with Gasteiger partial charge in [-0.15, -0.1) is 0 Å². The second-order valence-corrected chi connectivity index (χ2v) is 7.50. The highest BCUT2D eigenvalue weighted by molar-refractivity contribution is 5.69. The van der Waals surface area contributed by atoms with Crippen LogP contribution in [0.5, 0.6) is 0 Å². The van der Waals surface area contributed by atoms with Gasteiger partial charge in [-0.05, 0) is 69.5 Å². The summed E-state index contributed by atoms with van der Waals surface area (Å²) in [4.78, 5) is 14.1. The highest BCUT2D eigenvalue weighted by Crippen LogP contribution is 2.24. The van der Waals surface area contributed by atoms with Crippen LogP contribution in [0, 0.1) is 6.92 Å². The Labute approximate surface area is 149 Å². The first kappa shape index (κ1) is 17.4. The number of aryl methyl sites for hydroxylation is 1. The predicted molar refractivity (Wildman–Crippen MR) is 97.6 cm³/mol. The monoisotopic (exact) mass is 342 g/mol. The van der Waals surface area contributed by atoms with Gasteiger partial charge in [0.05, 0.1) is 6.54 Å². The second-order valence-electron chi connectivity index (χ2n) is 7.50. The number of benzene rings is 1.